The van der Waals surface area contributed by atoms with Gasteiger partial charge < -0.3 is 15.0 Å². The molecule has 0 aliphatic heterocycles. The molecule has 3 aromatic carbocycles. The van der Waals surface area contributed by atoms with Crippen molar-refractivity contribution in [1.82, 2.24) is 10.2 Å². The Kier molecular flexibility index (Phi) is 10.9. The fourth-order valence-corrected chi connectivity index (χ4v) is 6.96. The Morgan fingerprint density at radius 1 is 1.00 bits per heavy atom. The van der Waals surface area contributed by atoms with Crippen molar-refractivity contribution in [3.8, 4) is 5.75 Å². The van der Waals surface area contributed by atoms with Crippen molar-refractivity contribution in [3.05, 3.63) is 89.4 Å². The minimum Gasteiger partial charge on any atom is -0.495 e. The van der Waals surface area contributed by atoms with Gasteiger partial charge in [-0.3, -0.25) is 13.9 Å². The summed E-state index contributed by atoms with van der Waals surface area (Å²) in [6.07, 6.45) is 4.84. The number of anilines is 1. The van der Waals surface area contributed by atoms with Crippen LogP contribution >= 0.6 is 11.6 Å². The Bertz CT molecular complexity index is 1450. The molecule has 10 heteroatoms. The summed E-state index contributed by atoms with van der Waals surface area (Å²) >= 11 is 6.30. The summed E-state index contributed by atoms with van der Waals surface area (Å²) in [5.74, 6) is -0.474. The van der Waals surface area contributed by atoms with Gasteiger partial charge >= 0.3 is 0 Å². The molecule has 8 nitrogen and oxygen atoms in total. The standard InChI is InChI=1S/C32H38ClN3O5S/c1-3-28(32(38)34-26-14-10-11-15-26)35(21-20-24-12-6-4-7-13-24)31(37)23-36(29-22-25(33)18-19-30(29)41-2)42(39,40)27-16-8-5-9-17-27/h4-9,12-13,16-19,22,26,28H,3,10-11,14-15,20-21,23H2,1-2H3,(H,34,38)/t28-/m1/s1. The maximum absolute atomic E-state index is 14.2. The second-order valence-electron chi connectivity index (χ2n) is 10.4. The number of carbonyl (C=O) groups is 2. The molecule has 0 radical (unpaired) electrons. The average Bonchev–Trinajstić information content (AvgIpc) is 3.51. The summed E-state index contributed by atoms with van der Waals surface area (Å²) < 4.78 is 34.6. The van der Waals surface area contributed by atoms with Gasteiger partial charge in [-0.25, -0.2) is 8.42 Å². The molecular formula is C32H38ClN3O5S. The molecule has 2 amide bonds. The van der Waals surface area contributed by atoms with Crippen molar-refractivity contribution >= 4 is 39.1 Å². The summed E-state index contributed by atoms with van der Waals surface area (Å²) in [6.45, 7) is 1.56. The van der Waals surface area contributed by atoms with Crippen LogP contribution in [-0.4, -0.2) is 57.4 Å². The van der Waals surface area contributed by atoms with E-state index in [0.29, 0.717) is 12.8 Å². The Hall–Kier alpha value is -3.56. The van der Waals surface area contributed by atoms with Crippen molar-refractivity contribution in [2.24, 2.45) is 0 Å². The fraction of sp³-hybridized carbons (Fsp3) is 0.375. The van der Waals surface area contributed by atoms with E-state index >= 15 is 0 Å². The molecule has 0 bridgehead atoms. The van der Waals surface area contributed by atoms with E-state index in [1.807, 2.05) is 37.3 Å². The number of carbonyl (C=O) groups excluding carboxylic acids is 2. The molecular weight excluding hydrogens is 574 g/mol. The third-order valence-corrected chi connectivity index (χ3v) is 9.60. The number of hydrogen-bond donors (Lipinski definition) is 1. The minimum atomic E-state index is -4.22. The first kappa shape index (κ1) is 31.4. The zero-order valence-electron chi connectivity index (χ0n) is 24.0. The Labute approximate surface area is 253 Å². The molecule has 3 aromatic rings. The number of sulfonamides is 1. The van der Waals surface area contributed by atoms with E-state index < -0.39 is 28.5 Å². The average molecular weight is 612 g/mol. The second kappa shape index (κ2) is 14.6. The summed E-state index contributed by atoms with van der Waals surface area (Å²) in [5.41, 5.74) is 1.14. The molecule has 0 unspecified atom stereocenters. The molecule has 0 saturated heterocycles. The highest BCUT2D eigenvalue weighted by atomic mass is 35.5. The predicted octanol–water partition coefficient (Wildman–Crippen LogP) is 5.45. The van der Waals surface area contributed by atoms with Crippen LogP contribution in [0.4, 0.5) is 5.69 Å². The number of amides is 2. The van der Waals surface area contributed by atoms with Crippen LogP contribution in [0.5, 0.6) is 5.75 Å². The molecule has 0 aromatic heterocycles. The van der Waals surface area contributed by atoms with Gasteiger partial charge in [0.25, 0.3) is 10.0 Å². The number of ether oxygens (including phenoxy) is 1. The minimum absolute atomic E-state index is 0.0154. The zero-order valence-corrected chi connectivity index (χ0v) is 25.6. The van der Waals surface area contributed by atoms with E-state index in [1.54, 1.807) is 30.3 Å². The van der Waals surface area contributed by atoms with Gasteiger partial charge in [-0.05, 0) is 61.6 Å². The molecule has 1 aliphatic carbocycles. The van der Waals surface area contributed by atoms with Gasteiger partial charge in [-0.2, -0.15) is 0 Å². The van der Waals surface area contributed by atoms with Crippen LogP contribution in [0.25, 0.3) is 0 Å². The van der Waals surface area contributed by atoms with E-state index in [0.717, 1.165) is 35.6 Å². The second-order valence-corrected chi connectivity index (χ2v) is 12.7. The first-order valence-electron chi connectivity index (χ1n) is 14.3. The van der Waals surface area contributed by atoms with E-state index in [9.17, 15) is 18.0 Å². The van der Waals surface area contributed by atoms with Crippen molar-refractivity contribution in [1.29, 1.82) is 0 Å². The van der Waals surface area contributed by atoms with Crippen molar-refractivity contribution < 1.29 is 22.7 Å². The van der Waals surface area contributed by atoms with Gasteiger partial charge in [0.05, 0.1) is 17.7 Å². The Morgan fingerprint density at radius 3 is 2.26 bits per heavy atom. The van der Waals surface area contributed by atoms with Crippen molar-refractivity contribution in [2.75, 3.05) is 24.5 Å². The summed E-state index contributed by atoms with van der Waals surface area (Å²) in [7, 11) is -2.80. The Morgan fingerprint density at radius 2 is 1.64 bits per heavy atom. The third-order valence-electron chi connectivity index (χ3n) is 7.59. The van der Waals surface area contributed by atoms with Crippen LogP contribution in [0.2, 0.25) is 5.02 Å². The first-order valence-corrected chi connectivity index (χ1v) is 16.1. The lowest BCUT2D eigenvalue weighted by Crippen LogP contribution is -2.54. The first-order chi connectivity index (χ1) is 20.2. The van der Waals surface area contributed by atoms with Crippen LogP contribution in [0.3, 0.4) is 0 Å². The summed E-state index contributed by atoms with van der Waals surface area (Å²) in [4.78, 5) is 29.3. The summed E-state index contributed by atoms with van der Waals surface area (Å²) in [5, 5.41) is 3.41. The van der Waals surface area contributed by atoms with Crippen LogP contribution in [0, 0.1) is 0 Å². The fourth-order valence-electron chi connectivity index (χ4n) is 5.35. The molecule has 0 heterocycles. The molecule has 1 saturated carbocycles. The van der Waals surface area contributed by atoms with E-state index in [4.69, 9.17) is 16.3 Å². The number of rotatable bonds is 13. The maximum Gasteiger partial charge on any atom is 0.264 e. The van der Waals surface area contributed by atoms with E-state index in [2.05, 4.69) is 5.32 Å². The molecule has 1 N–H and O–H groups in total. The van der Waals surface area contributed by atoms with Gasteiger partial charge in [-0.15, -0.1) is 0 Å². The van der Waals surface area contributed by atoms with Crippen LogP contribution in [0.1, 0.15) is 44.6 Å². The molecule has 42 heavy (non-hydrogen) atoms. The summed E-state index contributed by atoms with van der Waals surface area (Å²) in [6, 6.07) is 21.5. The van der Waals surface area contributed by atoms with Crippen LogP contribution in [-0.2, 0) is 26.0 Å². The van der Waals surface area contributed by atoms with Gasteiger partial charge in [0.1, 0.15) is 18.3 Å². The quantitative estimate of drug-likeness (QED) is 0.277. The number of methoxy groups -OCH3 is 1. The number of nitrogens with zero attached hydrogens (tertiary/aromatic N) is 2. The number of benzene rings is 3. The molecule has 1 aliphatic rings. The lowest BCUT2D eigenvalue weighted by atomic mass is 10.1. The van der Waals surface area contributed by atoms with E-state index in [-0.39, 0.29) is 39.8 Å². The van der Waals surface area contributed by atoms with E-state index in [1.165, 1.54) is 30.2 Å². The maximum atomic E-state index is 14.2. The third kappa shape index (κ3) is 7.63. The molecule has 1 fully saturated rings. The van der Waals surface area contributed by atoms with Gasteiger partial charge in [0.15, 0.2) is 0 Å². The normalized spacial score (nSPS) is 14.3. The van der Waals surface area contributed by atoms with Crippen molar-refractivity contribution in [2.45, 2.75) is 62.4 Å². The van der Waals surface area contributed by atoms with Crippen LogP contribution < -0.4 is 14.4 Å². The lowest BCUT2D eigenvalue weighted by molar-refractivity contribution is -0.139. The van der Waals surface area contributed by atoms with Gasteiger partial charge in [0.2, 0.25) is 11.8 Å². The molecule has 1 atom stereocenters. The number of halogens is 1. The molecule has 224 valence electrons. The molecule has 0 spiro atoms. The highest BCUT2D eigenvalue weighted by Crippen LogP contribution is 2.35. The lowest BCUT2D eigenvalue weighted by Gasteiger charge is -2.34. The topological polar surface area (TPSA) is 96.0 Å². The molecule has 4 rings (SSSR count). The highest BCUT2D eigenvalue weighted by molar-refractivity contribution is 7.92. The predicted molar refractivity (Wildman–Crippen MR) is 165 cm³/mol. The monoisotopic (exact) mass is 611 g/mol. The SMILES string of the molecule is CC[C@H](C(=O)NC1CCCC1)N(CCc1ccccc1)C(=O)CN(c1cc(Cl)ccc1OC)S(=O)(=O)c1ccccc1. The highest BCUT2D eigenvalue weighted by Gasteiger charge is 2.35. The number of nitrogens with one attached hydrogen (secondary N) is 1. The largest absolute Gasteiger partial charge is 0.495 e. The van der Waals surface area contributed by atoms with Gasteiger partial charge in [-0.1, -0.05) is 79.9 Å². The number of hydrogen-bond acceptors (Lipinski definition) is 5. The van der Waals surface area contributed by atoms with Crippen molar-refractivity contribution in [3.63, 3.8) is 0 Å². The Balaban J connectivity index is 1.71. The van der Waals surface area contributed by atoms with Gasteiger partial charge in [0, 0.05) is 17.6 Å². The smallest absolute Gasteiger partial charge is 0.264 e. The zero-order chi connectivity index (χ0) is 30.1. The van der Waals surface area contributed by atoms with Crippen LogP contribution in [0.15, 0.2) is 83.8 Å².